The molecule has 8 heteroatoms. The summed E-state index contributed by atoms with van der Waals surface area (Å²) in [6.07, 6.45) is 0.141. The Morgan fingerprint density at radius 1 is 1.12 bits per heavy atom. The average molecular weight is 570 g/mol. The maximum Gasteiger partial charge on any atom is 0.319 e. The highest BCUT2D eigenvalue weighted by molar-refractivity contribution is 14.1. The van der Waals surface area contributed by atoms with E-state index >= 15 is 0 Å². The molecule has 0 radical (unpaired) electrons. The van der Waals surface area contributed by atoms with Crippen molar-refractivity contribution in [1.82, 2.24) is 5.32 Å². The zero-order chi connectivity index (χ0) is 24.2. The van der Waals surface area contributed by atoms with E-state index in [1.54, 1.807) is 30.3 Å². The van der Waals surface area contributed by atoms with Crippen LogP contribution < -0.4 is 16.0 Å². The Bertz CT molecular complexity index is 1260. The number of nitrogens with zero attached hydrogens (tertiary/aromatic N) is 1. The van der Waals surface area contributed by atoms with E-state index in [0.717, 1.165) is 14.7 Å². The highest BCUT2D eigenvalue weighted by atomic mass is 127. The first-order valence-electron chi connectivity index (χ1n) is 10.9. The minimum atomic E-state index is -0.799. The second-order valence-corrected chi connectivity index (χ2v) is 9.54. The molecule has 3 aromatic rings. The summed E-state index contributed by atoms with van der Waals surface area (Å²) in [6, 6.07) is 18.4. The van der Waals surface area contributed by atoms with Crippen LogP contribution in [0.4, 0.5) is 20.6 Å². The van der Waals surface area contributed by atoms with Gasteiger partial charge in [-0.25, -0.2) is 9.18 Å². The highest BCUT2D eigenvalue weighted by Crippen LogP contribution is 2.28. The van der Waals surface area contributed by atoms with Gasteiger partial charge in [-0.05, 0) is 78.4 Å². The fourth-order valence-electron chi connectivity index (χ4n) is 3.70. The van der Waals surface area contributed by atoms with Crippen LogP contribution in [0, 0.1) is 9.39 Å². The lowest BCUT2D eigenvalue weighted by molar-refractivity contribution is -0.117. The largest absolute Gasteiger partial charge is 0.336 e. The van der Waals surface area contributed by atoms with Crippen molar-refractivity contribution in [3.8, 4) is 0 Å². The van der Waals surface area contributed by atoms with Crippen molar-refractivity contribution >= 4 is 51.6 Å². The summed E-state index contributed by atoms with van der Waals surface area (Å²) in [5.41, 5.74) is 3.92. The van der Waals surface area contributed by atoms with Gasteiger partial charge in [0.2, 0.25) is 5.91 Å². The molecule has 1 aliphatic heterocycles. The van der Waals surface area contributed by atoms with E-state index in [2.05, 4.69) is 38.5 Å². The molecule has 4 rings (SSSR count). The third-order valence-corrected chi connectivity index (χ3v) is 5.96. The van der Waals surface area contributed by atoms with Crippen LogP contribution in [0.1, 0.15) is 30.5 Å². The predicted molar refractivity (Wildman–Crippen MR) is 141 cm³/mol. The molecule has 3 N–H and O–H groups in total. The number of anilines is 2. The average Bonchev–Trinajstić information content (AvgIpc) is 2.92. The number of urea groups is 1. The first kappa shape index (κ1) is 23.9. The maximum absolute atomic E-state index is 14.3. The Labute approximate surface area is 211 Å². The van der Waals surface area contributed by atoms with Crippen LogP contribution in [0.2, 0.25) is 0 Å². The van der Waals surface area contributed by atoms with Gasteiger partial charge < -0.3 is 16.0 Å². The summed E-state index contributed by atoms with van der Waals surface area (Å²) in [4.78, 5) is 29.8. The molecular weight excluding hydrogens is 546 g/mol. The Kier molecular flexibility index (Phi) is 7.26. The molecule has 0 aliphatic carbocycles. The first-order valence-corrected chi connectivity index (χ1v) is 12.0. The molecule has 6 nitrogen and oxygen atoms in total. The molecule has 1 unspecified atom stereocenters. The Morgan fingerprint density at radius 3 is 2.56 bits per heavy atom. The van der Waals surface area contributed by atoms with Crippen LogP contribution in [-0.2, 0) is 11.2 Å². The fraction of sp³-hybridized carbons (Fsp3) is 0.192. The normalized spacial score (nSPS) is 15.1. The molecule has 0 aromatic heterocycles. The van der Waals surface area contributed by atoms with E-state index in [4.69, 9.17) is 4.99 Å². The summed E-state index contributed by atoms with van der Waals surface area (Å²) < 4.78 is 15.3. The van der Waals surface area contributed by atoms with E-state index in [1.807, 2.05) is 44.2 Å². The van der Waals surface area contributed by atoms with E-state index in [-0.39, 0.29) is 30.2 Å². The van der Waals surface area contributed by atoms with Gasteiger partial charge in [0.25, 0.3) is 0 Å². The van der Waals surface area contributed by atoms with Crippen molar-refractivity contribution < 1.29 is 14.0 Å². The van der Waals surface area contributed by atoms with Crippen LogP contribution >= 0.6 is 22.6 Å². The van der Waals surface area contributed by atoms with Gasteiger partial charge in [0.1, 0.15) is 11.9 Å². The van der Waals surface area contributed by atoms with Gasteiger partial charge in [-0.3, -0.25) is 9.79 Å². The van der Waals surface area contributed by atoms with Gasteiger partial charge in [0.15, 0.2) is 0 Å². The van der Waals surface area contributed by atoms with Gasteiger partial charge in [-0.1, -0.05) is 30.3 Å². The van der Waals surface area contributed by atoms with Crippen molar-refractivity contribution in [1.29, 1.82) is 0 Å². The van der Waals surface area contributed by atoms with Crippen molar-refractivity contribution in [3.63, 3.8) is 0 Å². The zero-order valence-electron chi connectivity index (χ0n) is 18.7. The van der Waals surface area contributed by atoms with Gasteiger partial charge in [0.05, 0.1) is 11.4 Å². The number of hydrogen-bond donors (Lipinski definition) is 3. The van der Waals surface area contributed by atoms with Gasteiger partial charge in [0, 0.05) is 32.8 Å². The summed E-state index contributed by atoms with van der Waals surface area (Å²) in [5, 5.41) is 8.53. The fourth-order valence-corrected chi connectivity index (χ4v) is 4.19. The lowest BCUT2D eigenvalue weighted by atomic mass is 10.00. The smallest absolute Gasteiger partial charge is 0.319 e. The number of benzene rings is 3. The SMILES string of the molecule is CC(C)NC(=O)Nc1ccc(C2=NC(Cc3ccccc3F)C(=O)Nc3ccc(I)cc32)cc1. The van der Waals surface area contributed by atoms with Crippen LogP contribution in [0.3, 0.4) is 0 Å². The van der Waals surface area contributed by atoms with Crippen LogP contribution in [-0.4, -0.2) is 29.7 Å². The number of nitrogens with one attached hydrogen (secondary N) is 3. The molecule has 1 aliphatic rings. The Hall–Kier alpha value is -3.27. The number of benzodiazepines with no additional fused rings is 1. The second kappa shape index (κ2) is 10.3. The molecule has 174 valence electrons. The number of amides is 3. The minimum absolute atomic E-state index is 0.0232. The number of aliphatic imine (C=N–C) groups is 1. The molecular formula is C26H24FIN4O2. The van der Waals surface area contributed by atoms with Crippen molar-refractivity contribution in [2.45, 2.75) is 32.4 Å². The van der Waals surface area contributed by atoms with E-state index in [1.165, 1.54) is 6.07 Å². The number of carbonyl (C=O) groups is 2. The van der Waals surface area contributed by atoms with Crippen LogP contribution in [0.25, 0.3) is 0 Å². The first-order chi connectivity index (χ1) is 16.3. The third kappa shape index (κ3) is 5.61. The van der Waals surface area contributed by atoms with E-state index in [9.17, 15) is 14.0 Å². The molecule has 0 fully saturated rings. The van der Waals surface area contributed by atoms with Crippen LogP contribution in [0.15, 0.2) is 71.7 Å². The molecule has 3 aromatic carbocycles. The lowest BCUT2D eigenvalue weighted by Crippen LogP contribution is -2.34. The number of carbonyl (C=O) groups excluding carboxylic acids is 2. The lowest BCUT2D eigenvalue weighted by Gasteiger charge is -2.13. The van der Waals surface area contributed by atoms with Gasteiger partial charge in [-0.15, -0.1) is 0 Å². The quantitative estimate of drug-likeness (QED) is 0.361. The number of hydrogen-bond acceptors (Lipinski definition) is 3. The number of rotatable bonds is 5. The summed E-state index contributed by atoms with van der Waals surface area (Å²) in [7, 11) is 0. The second-order valence-electron chi connectivity index (χ2n) is 8.30. The highest BCUT2D eigenvalue weighted by Gasteiger charge is 2.27. The summed E-state index contributed by atoms with van der Waals surface area (Å²) >= 11 is 2.22. The standard InChI is InChI=1S/C26H24FIN4O2/c1-15(2)29-26(34)30-19-10-7-16(8-11-19)24-20-14-18(28)9-12-22(20)32-25(33)23(31-24)13-17-5-3-4-6-21(17)27/h3-12,14-15,23H,13H2,1-2H3,(H,32,33)(H2,29,30,34). The number of halogens is 2. The van der Waals surface area contributed by atoms with Gasteiger partial charge in [-0.2, -0.15) is 0 Å². The Morgan fingerprint density at radius 2 is 1.85 bits per heavy atom. The van der Waals surface area contributed by atoms with Crippen molar-refractivity contribution in [3.05, 3.63) is 92.8 Å². The third-order valence-electron chi connectivity index (χ3n) is 5.29. The molecule has 3 amide bonds. The molecule has 0 spiro atoms. The summed E-state index contributed by atoms with van der Waals surface area (Å²) in [5.74, 6) is -0.650. The van der Waals surface area contributed by atoms with Gasteiger partial charge >= 0.3 is 6.03 Å². The van der Waals surface area contributed by atoms with E-state index < -0.39 is 6.04 Å². The van der Waals surface area contributed by atoms with Crippen molar-refractivity contribution in [2.75, 3.05) is 10.6 Å². The summed E-state index contributed by atoms with van der Waals surface area (Å²) in [6.45, 7) is 3.78. The minimum Gasteiger partial charge on any atom is -0.336 e. The molecule has 0 saturated heterocycles. The molecule has 1 atom stereocenters. The topological polar surface area (TPSA) is 82.6 Å². The zero-order valence-corrected chi connectivity index (χ0v) is 20.9. The maximum atomic E-state index is 14.3. The molecule has 0 saturated carbocycles. The van der Waals surface area contributed by atoms with E-state index in [0.29, 0.717) is 22.6 Å². The predicted octanol–water partition coefficient (Wildman–Crippen LogP) is 5.36. The molecule has 34 heavy (non-hydrogen) atoms. The van der Waals surface area contributed by atoms with Crippen LogP contribution in [0.5, 0.6) is 0 Å². The molecule has 1 heterocycles. The number of fused-ring (bicyclic) bond motifs is 1. The van der Waals surface area contributed by atoms with Crippen molar-refractivity contribution in [2.24, 2.45) is 4.99 Å². The monoisotopic (exact) mass is 570 g/mol. The Balaban J connectivity index is 1.71. The molecule has 0 bridgehead atoms.